The average Bonchev–Trinajstić information content (AvgIpc) is 2.81. The van der Waals surface area contributed by atoms with Crippen LogP contribution in [0.15, 0.2) is 82.6 Å². The van der Waals surface area contributed by atoms with E-state index in [1.807, 2.05) is 61.5 Å². The molecule has 1 N–H and O–H groups in total. The summed E-state index contributed by atoms with van der Waals surface area (Å²) in [6.45, 7) is 4.67. The number of carbonyl (C=O) groups excluding carboxylic acids is 2. The van der Waals surface area contributed by atoms with Gasteiger partial charge in [-0.15, -0.1) is 0 Å². The highest BCUT2D eigenvalue weighted by Gasteiger charge is 2.27. The number of thioether (sulfide) groups is 1. The highest BCUT2D eigenvalue weighted by Crippen LogP contribution is 2.42. The van der Waals surface area contributed by atoms with E-state index in [2.05, 4.69) is 30.4 Å². The van der Waals surface area contributed by atoms with Crippen molar-refractivity contribution in [3.8, 4) is 0 Å². The predicted octanol–water partition coefficient (Wildman–Crippen LogP) is 5.64. The molecule has 4 nitrogen and oxygen atoms in total. The second kappa shape index (κ2) is 9.45. The van der Waals surface area contributed by atoms with Crippen LogP contribution in [0.5, 0.6) is 0 Å². The third-order valence-electron chi connectivity index (χ3n) is 5.60. The molecular weight excluding hydrogens is 416 g/mol. The van der Waals surface area contributed by atoms with Gasteiger partial charge < -0.3 is 10.2 Å². The Balaban J connectivity index is 1.50. The van der Waals surface area contributed by atoms with Gasteiger partial charge in [-0.05, 0) is 48.2 Å². The first-order chi connectivity index (χ1) is 15.4. The zero-order valence-electron chi connectivity index (χ0n) is 18.5. The number of anilines is 1. The number of fused-ring (bicyclic) bond motifs is 1. The molecule has 0 spiro atoms. The highest BCUT2D eigenvalue weighted by molar-refractivity contribution is 8.04. The third-order valence-corrected chi connectivity index (χ3v) is 6.67. The Morgan fingerprint density at radius 3 is 2.59 bits per heavy atom. The first-order valence-electron chi connectivity index (χ1n) is 10.6. The summed E-state index contributed by atoms with van der Waals surface area (Å²) in [5, 5.41) is 3.02. The van der Waals surface area contributed by atoms with Crippen molar-refractivity contribution in [1.29, 1.82) is 0 Å². The van der Waals surface area contributed by atoms with Crippen molar-refractivity contribution < 1.29 is 9.59 Å². The summed E-state index contributed by atoms with van der Waals surface area (Å²) < 4.78 is 0. The fourth-order valence-corrected chi connectivity index (χ4v) is 4.79. The highest BCUT2D eigenvalue weighted by atomic mass is 32.2. The molecule has 0 radical (unpaired) electrons. The molecule has 1 heterocycles. The summed E-state index contributed by atoms with van der Waals surface area (Å²) in [6, 6.07) is 23.7. The number of aryl methyl sites for hydroxylation is 1. The van der Waals surface area contributed by atoms with Crippen LogP contribution in [0.25, 0.3) is 6.08 Å². The lowest BCUT2D eigenvalue weighted by Gasteiger charge is -2.27. The largest absolute Gasteiger partial charge is 0.351 e. The molecule has 32 heavy (non-hydrogen) atoms. The van der Waals surface area contributed by atoms with Gasteiger partial charge in [0.05, 0.1) is 10.6 Å². The number of benzene rings is 3. The van der Waals surface area contributed by atoms with Gasteiger partial charge in [-0.3, -0.25) is 9.59 Å². The molecule has 3 aromatic rings. The maximum atomic E-state index is 13.0. The van der Waals surface area contributed by atoms with Gasteiger partial charge in [0.1, 0.15) is 0 Å². The number of nitrogens with one attached hydrogen (secondary N) is 1. The van der Waals surface area contributed by atoms with Crippen molar-refractivity contribution in [3.05, 3.63) is 100.0 Å². The second-order valence-corrected chi connectivity index (χ2v) is 9.18. The Bertz CT molecular complexity index is 1190. The fourth-order valence-electron chi connectivity index (χ4n) is 3.69. The molecule has 3 aromatic carbocycles. The maximum absolute atomic E-state index is 13.0. The molecule has 0 bridgehead atoms. The molecule has 0 unspecified atom stereocenters. The maximum Gasteiger partial charge on any atom is 0.264 e. The molecule has 1 aliphatic rings. The Hall–Kier alpha value is -3.31. The Morgan fingerprint density at radius 2 is 1.84 bits per heavy atom. The molecule has 1 aliphatic heterocycles. The van der Waals surface area contributed by atoms with Crippen LogP contribution < -0.4 is 10.2 Å². The van der Waals surface area contributed by atoms with Crippen LogP contribution in [0.3, 0.4) is 0 Å². The average molecular weight is 443 g/mol. The molecule has 0 aromatic heterocycles. The van der Waals surface area contributed by atoms with E-state index < -0.39 is 0 Å². The molecular formula is C27H26N2O2S. The number of amides is 2. The van der Waals surface area contributed by atoms with Crippen molar-refractivity contribution in [2.24, 2.45) is 0 Å². The summed E-state index contributed by atoms with van der Waals surface area (Å²) in [7, 11) is 1.75. The van der Waals surface area contributed by atoms with Crippen LogP contribution in [-0.4, -0.2) is 25.4 Å². The monoisotopic (exact) mass is 442 g/mol. The number of hydrogen-bond acceptors (Lipinski definition) is 3. The second-order valence-electron chi connectivity index (χ2n) is 8.09. The smallest absolute Gasteiger partial charge is 0.264 e. The van der Waals surface area contributed by atoms with Crippen molar-refractivity contribution >= 4 is 35.3 Å². The van der Waals surface area contributed by atoms with Gasteiger partial charge in [0, 0.05) is 24.1 Å². The molecule has 5 heteroatoms. The standard InChI is InChI=1S/C27H26N2O2S/c1-18-8-7-9-20(14-18)15-25-27(31)29(3)23-16-22(12-13-24(23)32-25)26(30)28-17-19(2)21-10-5-4-6-11-21/h4-16,19H,17H2,1-3H3,(H,28,30)/b25-15+/t19-/m1/s1. The number of nitrogens with zero attached hydrogens (tertiary/aromatic N) is 1. The van der Waals surface area contributed by atoms with Gasteiger partial charge in [0.2, 0.25) is 0 Å². The summed E-state index contributed by atoms with van der Waals surface area (Å²) in [6.07, 6.45) is 1.92. The van der Waals surface area contributed by atoms with E-state index in [0.717, 1.165) is 21.7 Å². The SMILES string of the molecule is Cc1cccc(/C=C2/Sc3ccc(C(=O)NC[C@@H](C)c4ccccc4)cc3N(C)C2=O)c1. The molecule has 0 saturated carbocycles. The van der Waals surface area contributed by atoms with Crippen LogP contribution in [0.2, 0.25) is 0 Å². The van der Waals surface area contributed by atoms with Crippen LogP contribution in [0, 0.1) is 6.92 Å². The minimum atomic E-state index is -0.137. The fraction of sp³-hybridized carbons (Fsp3) is 0.185. The molecule has 0 aliphatic carbocycles. The minimum Gasteiger partial charge on any atom is -0.351 e. The Morgan fingerprint density at radius 1 is 1.06 bits per heavy atom. The van der Waals surface area contributed by atoms with E-state index in [-0.39, 0.29) is 17.7 Å². The number of rotatable bonds is 5. The van der Waals surface area contributed by atoms with Gasteiger partial charge >= 0.3 is 0 Å². The van der Waals surface area contributed by atoms with E-state index in [1.165, 1.54) is 17.3 Å². The number of likely N-dealkylation sites (N-methyl/N-ethyl adjacent to an activating group) is 1. The number of hydrogen-bond donors (Lipinski definition) is 1. The van der Waals surface area contributed by atoms with E-state index in [1.54, 1.807) is 18.0 Å². The lowest BCUT2D eigenvalue weighted by molar-refractivity contribution is -0.114. The molecule has 0 fully saturated rings. The van der Waals surface area contributed by atoms with E-state index >= 15 is 0 Å². The van der Waals surface area contributed by atoms with Gasteiger partial charge in [0.25, 0.3) is 11.8 Å². The van der Waals surface area contributed by atoms with Gasteiger partial charge in [0.15, 0.2) is 0 Å². The van der Waals surface area contributed by atoms with Crippen molar-refractivity contribution in [2.45, 2.75) is 24.7 Å². The predicted molar refractivity (Wildman–Crippen MR) is 132 cm³/mol. The Labute approximate surface area is 193 Å². The van der Waals surface area contributed by atoms with E-state index in [9.17, 15) is 9.59 Å². The molecule has 1 atom stereocenters. The molecule has 162 valence electrons. The summed E-state index contributed by atoms with van der Waals surface area (Å²) in [5.41, 5.74) is 4.65. The zero-order valence-corrected chi connectivity index (χ0v) is 19.3. The summed E-state index contributed by atoms with van der Waals surface area (Å²) in [4.78, 5) is 29.0. The molecule has 4 rings (SSSR count). The van der Waals surface area contributed by atoms with Gasteiger partial charge in [-0.2, -0.15) is 0 Å². The third kappa shape index (κ3) is 4.78. The van der Waals surface area contributed by atoms with Crippen LogP contribution in [0.1, 0.15) is 39.9 Å². The van der Waals surface area contributed by atoms with Crippen LogP contribution in [-0.2, 0) is 4.79 Å². The quantitative estimate of drug-likeness (QED) is 0.521. The van der Waals surface area contributed by atoms with Crippen molar-refractivity contribution in [1.82, 2.24) is 5.32 Å². The van der Waals surface area contributed by atoms with Gasteiger partial charge in [-0.25, -0.2) is 0 Å². The first-order valence-corrected chi connectivity index (χ1v) is 11.5. The normalized spacial score (nSPS) is 15.4. The van der Waals surface area contributed by atoms with Crippen molar-refractivity contribution in [2.75, 3.05) is 18.5 Å². The van der Waals surface area contributed by atoms with E-state index in [0.29, 0.717) is 17.0 Å². The van der Waals surface area contributed by atoms with Gasteiger partial charge in [-0.1, -0.05) is 78.8 Å². The topological polar surface area (TPSA) is 49.4 Å². The van der Waals surface area contributed by atoms with E-state index in [4.69, 9.17) is 0 Å². The minimum absolute atomic E-state index is 0.0701. The van der Waals surface area contributed by atoms with Crippen LogP contribution >= 0.6 is 11.8 Å². The summed E-state index contributed by atoms with van der Waals surface area (Å²) in [5.74, 6) is 0.00805. The van der Waals surface area contributed by atoms with Crippen molar-refractivity contribution in [3.63, 3.8) is 0 Å². The van der Waals surface area contributed by atoms with Crippen LogP contribution in [0.4, 0.5) is 5.69 Å². The first kappa shape index (κ1) is 21.9. The zero-order chi connectivity index (χ0) is 22.7. The Kier molecular flexibility index (Phi) is 6.47. The number of carbonyl (C=O) groups is 2. The molecule has 2 amide bonds. The summed E-state index contributed by atoms with van der Waals surface area (Å²) >= 11 is 1.44. The lowest BCUT2D eigenvalue weighted by atomic mass is 10.0. The molecule has 0 saturated heterocycles. The lowest BCUT2D eigenvalue weighted by Crippen LogP contribution is -2.31.